The molecule has 0 unspecified atom stereocenters. The smallest absolute Gasteiger partial charge is 0.142 e. The van der Waals surface area contributed by atoms with Crippen LogP contribution in [-0.2, 0) is 11.3 Å². The summed E-state index contributed by atoms with van der Waals surface area (Å²) in [6.45, 7) is 10.9. The Morgan fingerprint density at radius 3 is 2.23 bits per heavy atom. The van der Waals surface area contributed by atoms with E-state index in [-0.39, 0.29) is 0 Å². The van der Waals surface area contributed by atoms with Crippen LogP contribution in [0.25, 0.3) is 0 Å². The summed E-state index contributed by atoms with van der Waals surface area (Å²) in [5.74, 6) is 0.897. The number of aryl methyl sites for hydroxylation is 2. The van der Waals surface area contributed by atoms with Gasteiger partial charge in [-0.05, 0) is 26.7 Å². The highest BCUT2D eigenvalue weighted by atomic mass is 16.5. The molecule has 0 saturated carbocycles. The number of piperidine rings is 1. The van der Waals surface area contributed by atoms with Crippen LogP contribution in [-0.4, -0.2) is 65.2 Å². The van der Waals surface area contributed by atoms with Gasteiger partial charge in [0.25, 0.3) is 0 Å². The van der Waals surface area contributed by atoms with E-state index in [9.17, 15) is 0 Å². The van der Waals surface area contributed by atoms with Crippen LogP contribution in [0, 0.1) is 13.8 Å². The van der Waals surface area contributed by atoms with E-state index in [2.05, 4.69) is 19.8 Å². The van der Waals surface area contributed by atoms with E-state index in [4.69, 9.17) is 10.5 Å². The zero-order valence-corrected chi connectivity index (χ0v) is 13.7. The Kier molecular flexibility index (Phi) is 4.90. The van der Waals surface area contributed by atoms with Gasteiger partial charge in [0.1, 0.15) is 5.82 Å². The van der Waals surface area contributed by atoms with E-state index in [1.54, 1.807) is 0 Å². The molecule has 0 amide bonds. The second kappa shape index (κ2) is 6.89. The molecule has 6 heteroatoms. The maximum absolute atomic E-state index is 5.93. The topological polar surface area (TPSA) is 67.5 Å². The summed E-state index contributed by atoms with van der Waals surface area (Å²) < 4.78 is 5.44. The molecule has 3 heterocycles. The van der Waals surface area contributed by atoms with Crippen LogP contribution in [0.3, 0.4) is 0 Å². The second-order valence-corrected chi connectivity index (χ2v) is 6.38. The summed E-state index contributed by atoms with van der Waals surface area (Å²) in [5.41, 5.74) is 8.44. The third-order valence-electron chi connectivity index (χ3n) is 4.86. The first-order valence-corrected chi connectivity index (χ1v) is 8.27. The summed E-state index contributed by atoms with van der Waals surface area (Å²) in [5, 5.41) is 0. The number of hydrogen-bond acceptors (Lipinski definition) is 6. The fourth-order valence-corrected chi connectivity index (χ4v) is 3.45. The van der Waals surface area contributed by atoms with E-state index in [0.29, 0.717) is 0 Å². The molecule has 0 atom stereocenters. The molecule has 2 saturated heterocycles. The maximum atomic E-state index is 5.93. The van der Waals surface area contributed by atoms with Gasteiger partial charge >= 0.3 is 0 Å². The molecule has 0 aromatic carbocycles. The quantitative estimate of drug-likeness (QED) is 0.897. The van der Waals surface area contributed by atoms with Gasteiger partial charge in [0.05, 0.1) is 36.8 Å². The Bertz CT molecular complexity index is 484. The van der Waals surface area contributed by atoms with Crippen LogP contribution in [0.4, 0.5) is 5.69 Å². The fraction of sp³-hybridized carbons (Fsp3) is 0.750. The molecule has 0 aliphatic carbocycles. The van der Waals surface area contributed by atoms with E-state index < -0.39 is 0 Å². The molecule has 2 fully saturated rings. The van der Waals surface area contributed by atoms with Crippen molar-refractivity contribution in [3.8, 4) is 0 Å². The standard InChI is InChI=1S/C16H27N5O/c1-12-16(17)13(2)19-15(18-12)11-20-5-3-14(4-6-20)21-7-9-22-10-8-21/h14H,3-11,17H2,1-2H3. The van der Waals surface area contributed by atoms with Gasteiger partial charge in [-0.1, -0.05) is 0 Å². The lowest BCUT2D eigenvalue weighted by molar-refractivity contribution is 0.0000292. The molecular formula is C16H27N5O. The van der Waals surface area contributed by atoms with Gasteiger partial charge < -0.3 is 10.5 Å². The number of likely N-dealkylation sites (tertiary alicyclic amines) is 1. The Balaban J connectivity index is 1.53. The van der Waals surface area contributed by atoms with Gasteiger partial charge in [-0.2, -0.15) is 0 Å². The molecule has 22 heavy (non-hydrogen) atoms. The van der Waals surface area contributed by atoms with Crippen molar-refractivity contribution in [3.63, 3.8) is 0 Å². The first-order chi connectivity index (χ1) is 10.6. The molecule has 2 aliphatic heterocycles. The van der Waals surface area contributed by atoms with E-state index >= 15 is 0 Å². The third kappa shape index (κ3) is 3.56. The van der Waals surface area contributed by atoms with Gasteiger partial charge in [0, 0.05) is 32.2 Å². The van der Waals surface area contributed by atoms with Crippen molar-refractivity contribution < 1.29 is 4.74 Å². The van der Waals surface area contributed by atoms with E-state index in [0.717, 1.165) is 74.9 Å². The Hall–Kier alpha value is -1.24. The number of morpholine rings is 1. The normalized spacial score (nSPS) is 22.1. The molecule has 0 spiro atoms. The minimum atomic E-state index is 0.717. The van der Waals surface area contributed by atoms with Gasteiger partial charge in [0.15, 0.2) is 0 Å². The van der Waals surface area contributed by atoms with E-state index in [1.807, 2.05) is 13.8 Å². The molecular weight excluding hydrogens is 278 g/mol. The number of aromatic nitrogens is 2. The van der Waals surface area contributed by atoms with Gasteiger partial charge in [-0.25, -0.2) is 9.97 Å². The van der Waals surface area contributed by atoms with Crippen molar-refractivity contribution in [2.24, 2.45) is 0 Å². The Morgan fingerprint density at radius 2 is 1.64 bits per heavy atom. The number of anilines is 1. The molecule has 122 valence electrons. The first-order valence-electron chi connectivity index (χ1n) is 8.27. The Morgan fingerprint density at radius 1 is 1.05 bits per heavy atom. The van der Waals surface area contributed by atoms with E-state index in [1.165, 1.54) is 12.8 Å². The number of nitrogens with two attached hydrogens (primary N) is 1. The highest BCUT2D eigenvalue weighted by Gasteiger charge is 2.26. The molecule has 3 rings (SSSR count). The number of rotatable bonds is 3. The maximum Gasteiger partial charge on any atom is 0.142 e. The fourth-order valence-electron chi connectivity index (χ4n) is 3.45. The molecule has 2 aliphatic rings. The highest BCUT2D eigenvalue weighted by Crippen LogP contribution is 2.19. The minimum Gasteiger partial charge on any atom is -0.396 e. The van der Waals surface area contributed by atoms with Gasteiger partial charge in [-0.15, -0.1) is 0 Å². The van der Waals surface area contributed by atoms with Crippen molar-refractivity contribution in [2.45, 2.75) is 39.3 Å². The summed E-state index contributed by atoms with van der Waals surface area (Å²) in [7, 11) is 0. The van der Waals surface area contributed by atoms with Gasteiger partial charge in [-0.3, -0.25) is 9.80 Å². The average molecular weight is 305 g/mol. The van der Waals surface area contributed by atoms with Crippen LogP contribution < -0.4 is 5.73 Å². The average Bonchev–Trinajstić information content (AvgIpc) is 2.54. The highest BCUT2D eigenvalue weighted by molar-refractivity contribution is 5.46. The number of nitrogen functional groups attached to an aromatic ring is 1. The zero-order chi connectivity index (χ0) is 15.5. The van der Waals surface area contributed by atoms with Crippen LogP contribution in [0.5, 0.6) is 0 Å². The molecule has 1 aromatic heterocycles. The molecule has 6 nitrogen and oxygen atoms in total. The summed E-state index contributed by atoms with van der Waals surface area (Å²) >= 11 is 0. The van der Waals surface area contributed by atoms with Crippen molar-refractivity contribution in [1.82, 2.24) is 19.8 Å². The molecule has 1 aromatic rings. The van der Waals surface area contributed by atoms with Crippen LogP contribution in [0.15, 0.2) is 0 Å². The minimum absolute atomic E-state index is 0.717. The summed E-state index contributed by atoms with van der Waals surface area (Å²) in [6, 6.07) is 0.718. The van der Waals surface area contributed by atoms with Gasteiger partial charge in [0.2, 0.25) is 0 Å². The van der Waals surface area contributed by atoms with Crippen molar-refractivity contribution in [1.29, 1.82) is 0 Å². The summed E-state index contributed by atoms with van der Waals surface area (Å²) in [4.78, 5) is 14.1. The Labute approximate surface area is 132 Å². The molecule has 2 N–H and O–H groups in total. The van der Waals surface area contributed by atoms with Crippen molar-refractivity contribution in [3.05, 3.63) is 17.2 Å². The lowest BCUT2D eigenvalue weighted by Crippen LogP contribution is -2.48. The monoisotopic (exact) mass is 305 g/mol. The van der Waals surface area contributed by atoms with Crippen LogP contribution in [0.2, 0.25) is 0 Å². The van der Waals surface area contributed by atoms with Crippen LogP contribution in [0.1, 0.15) is 30.1 Å². The first kappa shape index (κ1) is 15.6. The predicted molar refractivity (Wildman–Crippen MR) is 86.6 cm³/mol. The van der Waals surface area contributed by atoms with Crippen LogP contribution >= 0.6 is 0 Å². The summed E-state index contributed by atoms with van der Waals surface area (Å²) in [6.07, 6.45) is 2.46. The third-order valence-corrected chi connectivity index (χ3v) is 4.86. The lowest BCUT2D eigenvalue weighted by Gasteiger charge is -2.39. The zero-order valence-electron chi connectivity index (χ0n) is 13.7. The number of ether oxygens (including phenoxy) is 1. The largest absolute Gasteiger partial charge is 0.396 e. The SMILES string of the molecule is Cc1nc(CN2CCC(N3CCOCC3)CC2)nc(C)c1N. The van der Waals surface area contributed by atoms with Crippen molar-refractivity contribution >= 4 is 5.69 Å². The second-order valence-electron chi connectivity index (χ2n) is 6.38. The molecule has 0 radical (unpaired) electrons. The number of hydrogen-bond donors (Lipinski definition) is 1. The van der Waals surface area contributed by atoms with Crippen molar-refractivity contribution in [2.75, 3.05) is 45.1 Å². The number of nitrogens with zero attached hydrogens (tertiary/aromatic N) is 4. The predicted octanol–water partition coefficient (Wildman–Crippen LogP) is 0.972. The molecule has 0 bridgehead atoms. The lowest BCUT2D eigenvalue weighted by atomic mass is 10.0.